The third kappa shape index (κ3) is 7.23. The van der Waals surface area contributed by atoms with Crippen molar-refractivity contribution in [3.8, 4) is 0 Å². The second kappa shape index (κ2) is 5.50. The van der Waals surface area contributed by atoms with E-state index >= 15 is 0 Å². The van der Waals surface area contributed by atoms with Crippen LogP contribution in [0.4, 0.5) is 0 Å². The third-order valence-corrected chi connectivity index (χ3v) is 3.07. The van der Waals surface area contributed by atoms with Crippen molar-refractivity contribution in [3.05, 3.63) is 0 Å². The van der Waals surface area contributed by atoms with E-state index in [1.54, 1.807) is 7.11 Å². The van der Waals surface area contributed by atoms with Crippen molar-refractivity contribution in [1.29, 1.82) is 0 Å². The molecule has 0 spiro atoms. The molecule has 1 unspecified atom stereocenters. The average molecular weight is 288 g/mol. The van der Waals surface area contributed by atoms with E-state index in [1.807, 2.05) is 0 Å². The maximum absolute atomic E-state index is 5.83. The summed E-state index contributed by atoms with van der Waals surface area (Å²) in [6.45, 7) is 7.30. The largest absolute Gasteiger partial charge is 0.412 e. The van der Waals surface area contributed by atoms with E-state index in [0.29, 0.717) is 6.61 Å². The number of halogens is 1. The average Bonchev–Trinajstić information content (AvgIpc) is 1.84. The minimum Gasteiger partial charge on any atom is -0.412 e. The molecule has 0 aromatic carbocycles. The first-order valence-corrected chi connectivity index (χ1v) is 8.65. The maximum atomic E-state index is 5.83. The summed E-state index contributed by atoms with van der Waals surface area (Å²) in [6, 6.07) is 0. The first kappa shape index (κ1) is 11.9. The van der Waals surface area contributed by atoms with Crippen LogP contribution in [-0.2, 0) is 9.16 Å². The minimum absolute atomic E-state index is 0.285. The summed E-state index contributed by atoms with van der Waals surface area (Å²) in [5.41, 5.74) is 0. The van der Waals surface area contributed by atoms with Gasteiger partial charge in [-0.05, 0) is 19.6 Å². The Morgan fingerprint density at radius 1 is 1.36 bits per heavy atom. The summed E-state index contributed by atoms with van der Waals surface area (Å²) in [5.74, 6) is 0. The van der Waals surface area contributed by atoms with Crippen LogP contribution in [0.5, 0.6) is 0 Å². The molecule has 0 saturated carbocycles. The summed E-state index contributed by atoms with van der Waals surface area (Å²) >= 11 is 2.33. The van der Waals surface area contributed by atoms with Crippen LogP contribution in [0.25, 0.3) is 0 Å². The zero-order valence-corrected chi connectivity index (χ0v) is 10.8. The number of rotatable bonds is 5. The molecule has 0 heterocycles. The summed E-state index contributed by atoms with van der Waals surface area (Å²) in [5, 5.41) is 0. The Balaban J connectivity index is 3.68. The van der Waals surface area contributed by atoms with Crippen molar-refractivity contribution >= 4 is 30.9 Å². The molecular weight excluding hydrogens is 271 g/mol. The van der Waals surface area contributed by atoms with Crippen molar-refractivity contribution in [2.45, 2.75) is 25.7 Å². The van der Waals surface area contributed by atoms with Gasteiger partial charge in [0.05, 0.1) is 12.7 Å². The van der Waals surface area contributed by atoms with Gasteiger partial charge in [-0.2, -0.15) is 0 Å². The molecule has 0 radical (unpaired) electrons. The van der Waals surface area contributed by atoms with Gasteiger partial charge in [-0.1, -0.05) is 22.6 Å². The fourth-order valence-electron chi connectivity index (χ4n) is 0.796. The summed E-state index contributed by atoms with van der Waals surface area (Å²) < 4.78 is 11.9. The summed E-state index contributed by atoms with van der Waals surface area (Å²) in [6.07, 6.45) is 0.285. The Kier molecular flexibility index (Phi) is 5.94. The Morgan fingerprint density at radius 3 is 2.18 bits per heavy atom. The van der Waals surface area contributed by atoms with Crippen LogP contribution in [-0.4, -0.2) is 32.6 Å². The Hall–Kier alpha value is 0.867. The topological polar surface area (TPSA) is 18.5 Å². The van der Waals surface area contributed by atoms with Gasteiger partial charge in [-0.3, -0.25) is 0 Å². The summed E-state index contributed by atoms with van der Waals surface area (Å²) in [4.78, 5) is 0. The second-order valence-electron chi connectivity index (χ2n) is 3.46. The predicted octanol–water partition coefficient (Wildman–Crippen LogP) is 2.29. The van der Waals surface area contributed by atoms with Gasteiger partial charge in [0.15, 0.2) is 8.32 Å². The number of alkyl halides is 1. The van der Waals surface area contributed by atoms with Crippen molar-refractivity contribution in [2.75, 3.05) is 18.1 Å². The quantitative estimate of drug-likeness (QED) is 0.439. The van der Waals surface area contributed by atoms with Gasteiger partial charge in [0.1, 0.15) is 0 Å². The van der Waals surface area contributed by atoms with Crippen molar-refractivity contribution in [2.24, 2.45) is 0 Å². The van der Waals surface area contributed by atoms with Crippen LogP contribution in [0.15, 0.2) is 0 Å². The monoisotopic (exact) mass is 288 g/mol. The predicted molar refractivity (Wildman–Crippen MR) is 59.0 cm³/mol. The van der Waals surface area contributed by atoms with E-state index in [-0.39, 0.29) is 6.10 Å². The van der Waals surface area contributed by atoms with Gasteiger partial charge >= 0.3 is 0 Å². The van der Waals surface area contributed by atoms with Gasteiger partial charge in [-0.25, -0.2) is 0 Å². The number of hydrogen-bond acceptors (Lipinski definition) is 2. The number of ether oxygens (including phenoxy) is 1. The van der Waals surface area contributed by atoms with Crippen molar-refractivity contribution < 1.29 is 9.16 Å². The highest BCUT2D eigenvalue weighted by molar-refractivity contribution is 14.1. The normalized spacial score (nSPS) is 15.0. The van der Waals surface area contributed by atoms with Gasteiger partial charge in [-0.15, -0.1) is 0 Å². The molecule has 0 rings (SSSR count). The molecular formula is C7H17IO2Si. The van der Waals surface area contributed by atoms with Gasteiger partial charge < -0.3 is 9.16 Å². The van der Waals surface area contributed by atoms with E-state index < -0.39 is 8.32 Å². The molecule has 0 bridgehead atoms. The first-order chi connectivity index (χ1) is 4.99. The molecule has 68 valence electrons. The minimum atomic E-state index is -1.36. The van der Waals surface area contributed by atoms with E-state index in [9.17, 15) is 0 Å². The van der Waals surface area contributed by atoms with Crippen LogP contribution >= 0.6 is 22.6 Å². The second-order valence-corrected chi connectivity index (χ2v) is 8.80. The fourth-order valence-corrected chi connectivity index (χ4v) is 2.72. The highest BCUT2D eigenvalue weighted by Crippen LogP contribution is 2.09. The lowest BCUT2D eigenvalue weighted by Gasteiger charge is -2.24. The van der Waals surface area contributed by atoms with Crippen LogP contribution in [0.2, 0.25) is 19.6 Å². The molecule has 0 N–H and O–H groups in total. The standard InChI is InChI=1S/C7H17IO2Si/c1-9-6-7(5-8)10-11(2,3)4/h7H,5-6H2,1-4H3. The molecule has 0 saturated heterocycles. The zero-order chi connectivity index (χ0) is 8.91. The lowest BCUT2D eigenvalue weighted by Crippen LogP contribution is -2.35. The number of hydrogen-bond donors (Lipinski definition) is 0. The molecule has 4 heteroatoms. The Bertz CT molecular complexity index is 103. The first-order valence-electron chi connectivity index (χ1n) is 3.72. The zero-order valence-electron chi connectivity index (χ0n) is 7.69. The molecule has 0 aromatic rings. The molecule has 0 aromatic heterocycles. The van der Waals surface area contributed by atoms with Crippen molar-refractivity contribution in [3.63, 3.8) is 0 Å². The summed E-state index contributed by atoms with van der Waals surface area (Å²) in [7, 11) is 0.352. The maximum Gasteiger partial charge on any atom is 0.184 e. The molecule has 0 aliphatic heterocycles. The Morgan fingerprint density at radius 2 is 1.91 bits per heavy atom. The highest BCUT2D eigenvalue weighted by Gasteiger charge is 2.19. The number of methoxy groups -OCH3 is 1. The molecule has 0 fully saturated rings. The van der Waals surface area contributed by atoms with Gasteiger partial charge in [0, 0.05) is 11.5 Å². The molecule has 2 nitrogen and oxygen atoms in total. The van der Waals surface area contributed by atoms with Crippen LogP contribution < -0.4 is 0 Å². The molecule has 1 atom stereocenters. The van der Waals surface area contributed by atoms with Gasteiger partial charge in [0.2, 0.25) is 0 Å². The molecule has 0 aliphatic rings. The lowest BCUT2D eigenvalue weighted by molar-refractivity contribution is 0.0920. The highest BCUT2D eigenvalue weighted by atomic mass is 127. The van der Waals surface area contributed by atoms with E-state index in [0.717, 1.165) is 4.43 Å². The van der Waals surface area contributed by atoms with Crippen LogP contribution in [0.3, 0.4) is 0 Å². The lowest BCUT2D eigenvalue weighted by atomic mass is 10.4. The van der Waals surface area contributed by atoms with Crippen LogP contribution in [0, 0.1) is 0 Å². The van der Waals surface area contributed by atoms with E-state index in [1.165, 1.54) is 0 Å². The molecule has 0 aliphatic carbocycles. The molecule has 0 amide bonds. The third-order valence-electron chi connectivity index (χ3n) is 1.04. The smallest absolute Gasteiger partial charge is 0.184 e. The Labute approximate surface area is 83.9 Å². The molecule has 11 heavy (non-hydrogen) atoms. The van der Waals surface area contributed by atoms with Crippen LogP contribution in [0.1, 0.15) is 0 Å². The SMILES string of the molecule is COCC(CI)O[Si](C)(C)C. The van der Waals surface area contributed by atoms with Crippen molar-refractivity contribution in [1.82, 2.24) is 0 Å². The van der Waals surface area contributed by atoms with Gasteiger partial charge in [0.25, 0.3) is 0 Å². The fraction of sp³-hybridized carbons (Fsp3) is 1.00. The van der Waals surface area contributed by atoms with E-state index in [4.69, 9.17) is 9.16 Å². The van der Waals surface area contributed by atoms with E-state index in [2.05, 4.69) is 42.2 Å².